The molecular formula is C15H15ClN2. The SMILES string of the molecule is Cc1cccc(-c2nc(Cl)c3c(n2)CCC3)c1C. The van der Waals surface area contributed by atoms with E-state index in [0.29, 0.717) is 5.15 Å². The van der Waals surface area contributed by atoms with Crippen molar-refractivity contribution >= 4 is 11.6 Å². The fourth-order valence-electron chi connectivity index (χ4n) is 2.50. The van der Waals surface area contributed by atoms with E-state index in [1.165, 1.54) is 11.1 Å². The molecule has 0 amide bonds. The Kier molecular flexibility index (Phi) is 2.83. The molecule has 0 spiro atoms. The molecule has 3 heteroatoms. The molecule has 0 N–H and O–H groups in total. The first-order valence-electron chi connectivity index (χ1n) is 6.28. The van der Waals surface area contributed by atoms with E-state index in [0.717, 1.165) is 41.9 Å². The van der Waals surface area contributed by atoms with Crippen LogP contribution in [0.2, 0.25) is 5.15 Å². The fourth-order valence-corrected chi connectivity index (χ4v) is 2.78. The van der Waals surface area contributed by atoms with Crippen LogP contribution in [0.1, 0.15) is 28.8 Å². The first kappa shape index (κ1) is 11.7. The highest BCUT2D eigenvalue weighted by molar-refractivity contribution is 6.30. The summed E-state index contributed by atoms with van der Waals surface area (Å²) in [7, 11) is 0. The summed E-state index contributed by atoms with van der Waals surface area (Å²) < 4.78 is 0. The molecule has 1 aliphatic rings. The van der Waals surface area contributed by atoms with Gasteiger partial charge in [-0.15, -0.1) is 0 Å². The van der Waals surface area contributed by atoms with E-state index >= 15 is 0 Å². The molecule has 0 saturated heterocycles. The molecule has 2 nitrogen and oxygen atoms in total. The van der Waals surface area contributed by atoms with Crippen molar-refractivity contribution in [1.82, 2.24) is 9.97 Å². The molecule has 0 aliphatic heterocycles. The number of nitrogens with zero attached hydrogens (tertiary/aromatic N) is 2. The number of aryl methyl sites for hydroxylation is 2. The van der Waals surface area contributed by atoms with Gasteiger partial charge in [-0.2, -0.15) is 0 Å². The molecule has 0 bridgehead atoms. The van der Waals surface area contributed by atoms with Crippen molar-refractivity contribution in [3.05, 3.63) is 45.7 Å². The van der Waals surface area contributed by atoms with Crippen LogP contribution in [0.5, 0.6) is 0 Å². The molecule has 0 saturated carbocycles. The number of rotatable bonds is 1. The highest BCUT2D eigenvalue weighted by atomic mass is 35.5. The van der Waals surface area contributed by atoms with Gasteiger partial charge in [0.2, 0.25) is 0 Å². The molecule has 0 radical (unpaired) electrons. The van der Waals surface area contributed by atoms with Crippen LogP contribution in [0.3, 0.4) is 0 Å². The predicted octanol–water partition coefficient (Wildman–Crippen LogP) is 3.90. The Morgan fingerprint density at radius 2 is 1.94 bits per heavy atom. The summed E-state index contributed by atoms with van der Waals surface area (Å²) >= 11 is 6.27. The Labute approximate surface area is 112 Å². The van der Waals surface area contributed by atoms with Crippen LogP contribution in [0.4, 0.5) is 0 Å². The average molecular weight is 259 g/mol. The van der Waals surface area contributed by atoms with E-state index < -0.39 is 0 Å². The zero-order chi connectivity index (χ0) is 12.7. The molecule has 0 unspecified atom stereocenters. The number of halogens is 1. The van der Waals surface area contributed by atoms with Crippen LogP contribution in [0, 0.1) is 13.8 Å². The van der Waals surface area contributed by atoms with Crippen molar-refractivity contribution in [3.63, 3.8) is 0 Å². The van der Waals surface area contributed by atoms with Gasteiger partial charge in [-0.3, -0.25) is 0 Å². The summed E-state index contributed by atoms with van der Waals surface area (Å²) in [5.74, 6) is 0.766. The van der Waals surface area contributed by atoms with Gasteiger partial charge in [-0.25, -0.2) is 9.97 Å². The minimum atomic E-state index is 0.633. The number of fused-ring (bicyclic) bond motifs is 1. The van der Waals surface area contributed by atoms with E-state index in [-0.39, 0.29) is 0 Å². The maximum atomic E-state index is 6.27. The van der Waals surface area contributed by atoms with Gasteiger partial charge in [0.05, 0.1) is 0 Å². The highest BCUT2D eigenvalue weighted by Crippen LogP contribution is 2.30. The van der Waals surface area contributed by atoms with Crippen molar-refractivity contribution in [2.24, 2.45) is 0 Å². The van der Waals surface area contributed by atoms with Crippen LogP contribution in [0.25, 0.3) is 11.4 Å². The lowest BCUT2D eigenvalue weighted by atomic mass is 10.0. The minimum Gasteiger partial charge on any atom is -0.233 e. The lowest BCUT2D eigenvalue weighted by molar-refractivity contribution is 0.900. The quantitative estimate of drug-likeness (QED) is 0.725. The normalized spacial score (nSPS) is 13.7. The number of benzene rings is 1. The topological polar surface area (TPSA) is 25.8 Å². The van der Waals surface area contributed by atoms with E-state index in [1.54, 1.807) is 0 Å². The van der Waals surface area contributed by atoms with Crippen molar-refractivity contribution in [2.45, 2.75) is 33.1 Å². The average Bonchev–Trinajstić information content (AvgIpc) is 2.81. The van der Waals surface area contributed by atoms with Crippen molar-refractivity contribution in [1.29, 1.82) is 0 Å². The van der Waals surface area contributed by atoms with Crippen LogP contribution >= 0.6 is 11.6 Å². The minimum absolute atomic E-state index is 0.633. The van der Waals surface area contributed by atoms with Crippen molar-refractivity contribution < 1.29 is 0 Å². The van der Waals surface area contributed by atoms with E-state index in [9.17, 15) is 0 Å². The molecule has 1 aliphatic carbocycles. The molecule has 0 fully saturated rings. The van der Waals surface area contributed by atoms with Gasteiger partial charge in [-0.05, 0) is 44.2 Å². The lowest BCUT2D eigenvalue weighted by Gasteiger charge is -2.09. The summed E-state index contributed by atoms with van der Waals surface area (Å²) in [5, 5.41) is 0.633. The molecule has 92 valence electrons. The van der Waals surface area contributed by atoms with Gasteiger partial charge in [0.25, 0.3) is 0 Å². The maximum Gasteiger partial charge on any atom is 0.161 e. The van der Waals surface area contributed by atoms with E-state index in [1.807, 2.05) is 6.07 Å². The standard InChI is InChI=1S/C15H15ClN2/c1-9-5-3-6-11(10(9)2)15-17-13-8-4-7-12(13)14(16)18-15/h3,5-6H,4,7-8H2,1-2H3. The van der Waals surface area contributed by atoms with Crippen LogP contribution in [-0.4, -0.2) is 9.97 Å². The third-order valence-electron chi connectivity index (χ3n) is 3.73. The fraction of sp³-hybridized carbons (Fsp3) is 0.333. The lowest BCUT2D eigenvalue weighted by Crippen LogP contribution is -1.99. The van der Waals surface area contributed by atoms with Gasteiger partial charge in [0, 0.05) is 16.8 Å². The first-order chi connectivity index (χ1) is 8.66. The molecule has 1 aromatic heterocycles. The number of aromatic nitrogens is 2. The van der Waals surface area contributed by atoms with Crippen LogP contribution in [-0.2, 0) is 12.8 Å². The van der Waals surface area contributed by atoms with Crippen molar-refractivity contribution in [3.8, 4) is 11.4 Å². The molecule has 3 rings (SSSR count). The number of hydrogen-bond acceptors (Lipinski definition) is 2. The van der Waals surface area contributed by atoms with E-state index in [4.69, 9.17) is 16.6 Å². The second kappa shape index (κ2) is 4.36. The second-order valence-electron chi connectivity index (χ2n) is 4.86. The summed E-state index contributed by atoms with van der Waals surface area (Å²) in [6.07, 6.45) is 3.18. The van der Waals surface area contributed by atoms with Gasteiger partial charge < -0.3 is 0 Å². The summed E-state index contributed by atoms with van der Waals surface area (Å²) in [4.78, 5) is 9.16. The third-order valence-corrected chi connectivity index (χ3v) is 4.04. The summed E-state index contributed by atoms with van der Waals surface area (Å²) in [6, 6.07) is 6.21. The number of hydrogen-bond donors (Lipinski definition) is 0. The smallest absolute Gasteiger partial charge is 0.161 e. The van der Waals surface area contributed by atoms with E-state index in [2.05, 4.69) is 31.0 Å². The molecule has 1 aromatic carbocycles. The Morgan fingerprint density at radius 3 is 2.78 bits per heavy atom. The zero-order valence-corrected chi connectivity index (χ0v) is 11.4. The molecular weight excluding hydrogens is 244 g/mol. The molecule has 18 heavy (non-hydrogen) atoms. The second-order valence-corrected chi connectivity index (χ2v) is 5.22. The predicted molar refractivity (Wildman–Crippen MR) is 74.0 cm³/mol. The van der Waals surface area contributed by atoms with Gasteiger partial charge >= 0.3 is 0 Å². The Balaban J connectivity index is 2.18. The zero-order valence-electron chi connectivity index (χ0n) is 10.6. The Morgan fingerprint density at radius 1 is 1.11 bits per heavy atom. The van der Waals surface area contributed by atoms with Crippen molar-refractivity contribution in [2.75, 3.05) is 0 Å². The molecule has 2 aromatic rings. The van der Waals surface area contributed by atoms with Gasteiger partial charge in [0.1, 0.15) is 5.15 Å². The first-order valence-corrected chi connectivity index (χ1v) is 6.66. The summed E-state index contributed by atoms with van der Waals surface area (Å²) in [6.45, 7) is 4.21. The summed E-state index contributed by atoms with van der Waals surface area (Å²) in [5.41, 5.74) is 5.85. The van der Waals surface area contributed by atoms with Crippen LogP contribution < -0.4 is 0 Å². The third kappa shape index (κ3) is 1.81. The largest absolute Gasteiger partial charge is 0.233 e. The highest BCUT2D eigenvalue weighted by Gasteiger charge is 2.19. The Hall–Kier alpha value is -1.41. The molecule has 0 atom stereocenters. The van der Waals surface area contributed by atoms with Crippen LogP contribution in [0.15, 0.2) is 18.2 Å². The van der Waals surface area contributed by atoms with Gasteiger partial charge in [0.15, 0.2) is 5.82 Å². The Bertz CT molecular complexity index is 620. The monoisotopic (exact) mass is 258 g/mol. The maximum absolute atomic E-state index is 6.27. The van der Waals surface area contributed by atoms with Gasteiger partial charge in [-0.1, -0.05) is 29.8 Å². The molecule has 1 heterocycles.